The van der Waals surface area contributed by atoms with Crippen LogP contribution in [-0.4, -0.2) is 166 Å². The maximum atomic E-state index is 14.1. The van der Waals surface area contributed by atoms with E-state index >= 15 is 0 Å². The number of benzene rings is 8. The molecule has 41 heteroatoms. The Kier molecular flexibility index (Phi) is 50.0. The number of carbonyl (C=O) groups is 7. The molecule has 2 saturated heterocycles. The first-order valence-corrected chi connectivity index (χ1v) is 42.7. The van der Waals surface area contributed by atoms with Crippen molar-refractivity contribution in [3.63, 3.8) is 0 Å². The van der Waals surface area contributed by atoms with Gasteiger partial charge in [0.05, 0.1) is 58.3 Å². The fraction of sp³-hybridized carbons (Fsp3) is 0.372. The first kappa shape index (κ1) is 116. The first-order chi connectivity index (χ1) is 63.4. The van der Waals surface area contributed by atoms with Crippen molar-refractivity contribution in [1.82, 2.24) is 21.3 Å². The van der Waals surface area contributed by atoms with Gasteiger partial charge in [-0.3, -0.25) is 46.5 Å². The second-order valence-electron chi connectivity index (χ2n) is 30.7. The SMILES string of the molecule is C.C1CCOC1.C1CCOC1.CC(C)(C)OC(=O)N=C(N)N.CCCCOc1ccc(Cl)c(-c2cc(F)ccc2OC)c1C(=O)NC(=N)NC(=O)OC(C)(C)C.CCCCOc1ccc(Cl)c(-c2cc(F)ccc2OC)c1C(=O)O.COc1ccc(F)cc1-c1c(Cl)ccc(O)c1C(=O)N=C(N)N.COc1ccc(F)cc1-c1c(Cl)ccc(O)c1C(=O)NC(=N)NC(=O)OC(C)(C)C.[2H]CC. The summed E-state index contributed by atoms with van der Waals surface area (Å²) >= 11 is 25.1. The van der Waals surface area contributed by atoms with E-state index in [1.807, 2.05) is 13.8 Å². The lowest BCUT2D eigenvalue weighted by Crippen LogP contribution is -2.45. The number of hydrogen-bond acceptors (Lipinski definition) is 22. The van der Waals surface area contributed by atoms with Crippen LogP contribution in [0.25, 0.3) is 44.5 Å². The number of aromatic carboxylic acids is 1. The number of halogens is 8. The predicted octanol–water partition coefficient (Wildman–Crippen LogP) is 20.3. The molecule has 2 heterocycles. The number of methoxy groups -OCH3 is 4. The van der Waals surface area contributed by atoms with Gasteiger partial charge < -0.3 is 90.4 Å². The molecule has 2 fully saturated rings. The molecule has 0 unspecified atom stereocenters. The number of carbonyl (C=O) groups excluding carboxylic acids is 6. The Labute approximate surface area is 803 Å². The summed E-state index contributed by atoms with van der Waals surface area (Å²) < 4.78 is 119. The molecule has 135 heavy (non-hydrogen) atoms. The third-order valence-electron chi connectivity index (χ3n) is 16.8. The average Bonchev–Trinajstić information content (AvgIpc) is 1.32. The van der Waals surface area contributed by atoms with Gasteiger partial charge in [-0.2, -0.15) is 4.99 Å². The monoisotopic (exact) mass is 1970 g/mol. The Morgan fingerprint density at radius 2 is 0.726 bits per heavy atom. The number of aliphatic imine (C=N–C) groups is 2. The number of carboxylic acid groups (broad SMARTS) is 1. The zero-order chi connectivity index (χ0) is 102. The van der Waals surface area contributed by atoms with Crippen LogP contribution in [0.1, 0.15) is 192 Å². The molecular weight excluding hydrogens is 1850 g/mol. The second-order valence-corrected chi connectivity index (χ2v) is 32.4. The summed E-state index contributed by atoms with van der Waals surface area (Å²) in [7, 11) is 5.57. The minimum atomic E-state index is -1.20. The number of nitrogens with one attached hydrogen (secondary N) is 6. The molecular formula is C94H120Cl4F4N12O21. The smallest absolute Gasteiger partial charge is 0.437 e. The Hall–Kier alpha value is -13.1. The van der Waals surface area contributed by atoms with E-state index < -0.39 is 111 Å². The Balaban J connectivity index is 0.000000567. The van der Waals surface area contributed by atoms with Crippen LogP contribution in [-0.2, 0) is 23.7 Å². The molecule has 0 aromatic heterocycles. The van der Waals surface area contributed by atoms with Gasteiger partial charge in [0.2, 0.25) is 11.9 Å². The maximum absolute atomic E-state index is 14.1. The minimum absolute atomic E-state index is 0. The minimum Gasteiger partial charge on any atom is -0.507 e. The Bertz CT molecular complexity index is 5410. The normalized spacial score (nSPS) is 11.5. The fourth-order valence-electron chi connectivity index (χ4n) is 11.4. The van der Waals surface area contributed by atoms with Crippen LogP contribution < -0.4 is 72.6 Å². The van der Waals surface area contributed by atoms with Crippen molar-refractivity contribution in [3.8, 4) is 90.5 Å². The zero-order valence-electron chi connectivity index (χ0n) is 78.1. The quantitative estimate of drug-likeness (QED) is 0.0111. The summed E-state index contributed by atoms with van der Waals surface area (Å²) in [5.41, 5.74) is 18.6. The zero-order valence-corrected chi connectivity index (χ0v) is 80.1. The van der Waals surface area contributed by atoms with Gasteiger partial charge in [0, 0.05) is 92.4 Å². The summed E-state index contributed by atoms with van der Waals surface area (Å²) in [6.45, 7) is 26.1. The number of phenols is 2. The van der Waals surface area contributed by atoms with E-state index in [1.54, 1.807) is 69.2 Å². The molecule has 8 aromatic rings. The molecule has 0 bridgehead atoms. The molecule has 2 aliphatic heterocycles. The summed E-state index contributed by atoms with van der Waals surface area (Å²) in [6.07, 6.45) is 5.80. The van der Waals surface area contributed by atoms with Crippen LogP contribution in [0.5, 0.6) is 46.0 Å². The third kappa shape index (κ3) is 40.3. The van der Waals surface area contributed by atoms with Gasteiger partial charge in [-0.05, 0) is 222 Å². The van der Waals surface area contributed by atoms with Crippen molar-refractivity contribution in [2.45, 2.75) is 166 Å². The lowest BCUT2D eigenvalue weighted by molar-refractivity contribution is 0.0548. The van der Waals surface area contributed by atoms with Gasteiger partial charge in [-0.25, -0.2) is 36.7 Å². The number of alkyl carbamates (subject to hydrolysis) is 2. The molecule has 33 nitrogen and oxygen atoms in total. The van der Waals surface area contributed by atoms with Gasteiger partial charge in [0.25, 0.3) is 17.7 Å². The van der Waals surface area contributed by atoms with Crippen molar-refractivity contribution >= 4 is 112 Å². The molecule has 0 atom stereocenters. The molecule has 10 rings (SSSR count). The average molecular weight is 1970 g/mol. The Morgan fingerprint density at radius 3 is 1.01 bits per heavy atom. The first-order valence-electron chi connectivity index (χ1n) is 41.9. The third-order valence-corrected chi connectivity index (χ3v) is 18.1. The van der Waals surface area contributed by atoms with Gasteiger partial charge in [0.1, 0.15) is 91.6 Å². The lowest BCUT2D eigenvalue weighted by atomic mass is 9.97. The van der Waals surface area contributed by atoms with E-state index in [0.717, 1.165) is 64.2 Å². The summed E-state index contributed by atoms with van der Waals surface area (Å²) in [5.74, 6) is -7.62. The van der Waals surface area contributed by atoms with E-state index in [2.05, 4.69) is 31.3 Å². The summed E-state index contributed by atoms with van der Waals surface area (Å²) in [4.78, 5) is 91.1. The van der Waals surface area contributed by atoms with Crippen LogP contribution in [0.15, 0.2) is 131 Å². The van der Waals surface area contributed by atoms with Gasteiger partial charge in [-0.15, -0.1) is 4.99 Å². The maximum Gasteiger partial charge on any atom is 0.437 e. The number of phenolic OH excluding ortho intramolecular Hbond substituents is 2. The number of nitrogens with zero attached hydrogens (tertiary/aromatic N) is 2. The molecule has 2 aliphatic rings. The highest BCUT2D eigenvalue weighted by Crippen LogP contribution is 2.46. The standard InChI is InChI=1S/C24H29ClFN3O5.C20H21ClFN3O5.C18H18ClFO4.C15H13ClFN3O3.C6H13N3O2.2C4H8O.C2H6.CH4/c1-6-7-12-33-18-11-9-16(25)19(15-13-14(26)8-10-17(15)32-5)20(18)21(30)28-22(27)29-23(31)34-24(2,3)4;1-20(2,3)30-19(28)25-18(23)24-17(27)16-13(26)7-6-12(21)15(16)11-9-10(22)5-8-14(11)29-4;1-3-4-9-24-15-8-6-13(19)16(17(15)18(21)22)12-10-11(20)5-7-14(12)23-2;1-23-11-5-2-7(17)6-8(11)12-9(16)3-4-10(21)13(12)14(22)20-15(18)19;1-6(2,3)11-5(10)9-4(7)8;2*1-2-4-5-3-1;1-2;/h8-11,13H,6-7,12H2,1-5H3,(H3,27,28,29,30,31);5-9,26H,1-4H3,(H3,23,24,25,27,28);5-8,10H,3-4,9H2,1-2H3,(H,21,22);2-6,21H,1H3,(H4,18,19,20,22);1-3H3,(H4,7,8,9,10);2*1-4H2;1-2H3;1H4/i;;;;;;;1D;. The van der Waals surface area contributed by atoms with Crippen molar-refractivity contribution in [3.05, 3.63) is 187 Å². The molecule has 6 amide bonds. The second kappa shape index (κ2) is 58.2. The number of hydrogen-bond donors (Lipinski definition) is 13. The van der Waals surface area contributed by atoms with Crippen molar-refractivity contribution in [1.29, 1.82) is 10.8 Å². The fourth-order valence-corrected chi connectivity index (χ4v) is 12.4. The molecule has 8 aromatic carbocycles. The van der Waals surface area contributed by atoms with E-state index in [4.69, 9.17) is 134 Å². The topological polar surface area (TPSA) is 506 Å². The van der Waals surface area contributed by atoms with Gasteiger partial charge in [0.15, 0.2) is 11.9 Å². The van der Waals surface area contributed by atoms with Crippen LogP contribution in [0, 0.1) is 34.1 Å². The number of guanidine groups is 4. The predicted molar refractivity (Wildman–Crippen MR) is 514 cm³/mol. The van der Waals surface area contributed by atoms with E-state index in [0.29, 0.717) is 25.9 Å². The molecule has 738 valence electrons. The van der Waals surface area contributed by atoms with Crippen LogP contribution >= 0.6 is 46.4 Å². The Morgan fingerprint density at radius 1 is 0.444 bits per heavy atom. The van der Waals surface area contributed by atoms with Crippen molar-refractivity contribution in [2.75, 3.05) is 68.1 Å². The molecule has 0 spiro atoms. The summed E-state index contributed by atoms with van der Waals surface area (Å²) in [6, 6.07) is 26.2. The number of nitrogens with two attached hydrogens (primary N) is 4. The molecule has 17 N–H and O–H groups in total. The van der Waals surface area contributed by atoms with Crippen LogP contribution in [0.2, 0.25) is 20.1 Å². The highest BCUT2D eigenvalue weighted by Gasteiger charge is 2.31. The number of aromatic hydroxyl groups is 2. The molecule has 0 aliphatic carbocycles. The number of unbranched alkanes of at least 4 members (excludes halogenated alkanes) is 2. The number of ether oxygens (including phenoxy) is 11. The van der Waals surface area contributed by atoms with E-state index in [9.17, 15) is 66.4 Å². The number of rotatable bonds is 20. The van der Waals surface area contributed by atoms with Gasteiger partial charge in [-0.1, -0.05) is 94.3 Å². The summed E-state index contributed by atoms with van der Waals surface area (Å²) in [5, 5.41) is 54.8. The van der Waals surface area contributed by atoms with E-state index in [1.165, 1.54) is 163 Å². The highest BCUT2D eigenvalue weighted by atomic mass is 35.5. The molecule has 0 saturated carbocycles. The molecule has 0 radical (unpaired) electrons. The largest absolute Gasteiger partial charge is 0.507 e. The van der Waals surface area contributed by atoms with Gasteiger partial charge >= 0.3 is 24.2 Å². The van der Waals surface area contributed by atoms with Crippen LogP contribution in [0.3, 0.4) is 0 Å². The lowest BCUT2D eigenvalue weighted by Gasteiger charge is -2.21. The highest BCUT2D eigenvalue weighted by molar-refractivity contribution is 6.36. The van der Waals surface area contributed by atoms with Crippen molar-refractivity contribution in [2.24, 2.45) is 32.9 Å². The van der Waals surface area contributed by atoms with Crippen LogP contribution in [0.4, 0.5) is 31.9 Å². The number of carboxylic acids is 1. The van der Waals surface area contributed by atoms with Crippen molar-refractivity contribution < 1.29 is 120 Å². The number of amides is 6. The van der Waals surface area contributed by atoms with E-state index in [-0.39, 0.29) is 129 Å².